The van der Waals surface area contributed by atoms with Gasteiger partial charge in [-0.05, 0) is 44.7 Å². The lowest BCUT2D eigenvalue weighted by molar-refractivity contribution is 0.0834. The van der Waals surface area contributed by atoms with E-state index in [4.69, 9.17) is 16.3 Å². The number of hydrogen-bond donors (Lipinski definition) is 2. The van der Waals surface area contributed by atoms with Crippen LogP contribution in [0, 0.1) is 0 Å². The number of ether oxygens (including phenoxy) is 1. The van der Waals surface area contributed by atoms with Gasteiger partial charge in [-0.3, -0.25) is 0 Å². The number of sulfonamides is 1. The molecule has 0 bridgehead atoms. The van der Waals surface area contributed by atoms with E-state index in [-0.39, 0.29) is 17.5 Å². The smallest absolute Gasteiger partial charge is 0.240 e. The summed E-state index contributed by atoms with van der Waals surface area (Å²) >= 11 is 6.01. The zero-order chi connectivity index (χ0) is 15.2. The second-order valence-corrected chi connectivity index (χ2v) is 6.78. The van der Waals surface area contributed by atoms with Gasteiger partial charge >= 0.3 is 0 Å². The summed E-state index contributed by atoms with van der Waals surface area (Å²) in [4.78, 5) is 0.205. The van der Waals surface area contributed by atoms with Gasteiger partial charge in [-0.2, -0.15) is 0 Å². The molecule has 0 amide bonds. The Morgan fingerprint density at radius 1 is 1.35 bits per heavy atom. The van der Waals surface area contributed by atoms with Crippen molar-refractivity contribution >= 4 is 21.6 Å². The van der Waals surface area contributed by atoms with E-state index in [0.717, 1.165) is 5.56 Å². The molecule has 0 saturated heterocycles. The predicted molar refractivity (Wildman–Crippen MR) is 80.5 cm³/mol. The third kappa shape index (κ3) is 5.38. The minimum atomic E-state index is -3.53. The summed E-state index contributed by atoms with van der Waals surface area (Å²) in [5.41, 5.74) is 0.746. The van der Waals surface area contributed by atoms with E-state index in [9.17, 15) is 8.42 Å². The predicted octanol–water partition coefficient (Wildman–Crippen LogP) is 1.76. The van der Waals surface area contributed by atoms with Crippen molar-refractivity contribution in [1.82, 2.24) is 10.0 Å². The molecule has 0 fully saturated rings. The van der Waals surface area contributed by atoms with Crippen LogP contribution in [0.2, 0.25) is 5.02 Å². The summed E-state index contributed by atoms with van der Waals surface area (Å²) < 4.78 is 32.0. The van der Waals surface area contributed by atoms with Crippen LogP contribution in [0.15, 0.2) is 23.1 Å². The minimum absolute atomic E-state index is 0.0808. The normalized spacial score (nSPS) is 12.1. The van der Waals surface area contributed by atoms with Crippen molar-refractivity contribution < 1.29 is 13.2 Å². The molecule has 0 aliphatic heterocycles. The molecule has 1 aromatic carbocycles. The van der Waals surface area contributed by atoms with Gasteiger partial charge in [0.25, 0.3) is 0 Å². The summed E-state index contributed by atoms with van der Waals surface area (Å²) in [5.74, 6) is 0. The fraction of sp³-hybridized carbons (Fsp3) is 0.538. The Morgan fingerprint density at radius 2 is 2.05 bits per heavy atom. The maximum atomic E-state index is 12.1. The highest BCUT2D eigenvalue weighted by Gasteiger charge is 2.15. The zero-order valence-electron chi connectivity index (χ0n) is 11.9. The van der Waals surface area contributed by atoms with Gasteiger partial charge in [0.1, 0.15) is 0 Å². The van der Waals surface area contributed by atoms with Crippen LogP contribution in [0.1, 0.15) is 19.4 Å². The second-order valence-electron chi connectivity index (χ2n) is 4.60. The quantitative estimate of drug-likeness (QED) is 0.716. The molecule has 0 unspecified atom stereocenters. The summed E-state index contributed by atoms with van der Waals surface area (Å²) in [7, 11) is -1.76. The van der Waals surface area contributed by atoms with Crippen LogP contribution in [0.25, 0.3) is 0 Å². The fourth-order valence-corrected chi connectivity index (χ4v) is 2.85. The number of halogens is 1. The first-order chi connectivity index (χ1) is 9.36. The SMILES string of the molecule is CNCc1cc(S(=O)(=O)NCCOC(C)C)ccc1Cl. The molecule has 1 rings (SSSR count). The van der Waals surface area contributed by atoms with Gasteiger partial charge in [-0.25, -0.2) is 13.1 Å². The lowest BCUT2D eigenvalue weighted by atomic mass is 10.2. The summed E-state index contributed by atoms with van der Waals surface area (Å²) in [6, 6.07) is 4.66. The average Bonchev–Trinajstić information content (AvgIpc) is 2.37. The molecule has 0 saturated carbocycles. The molecule has 0 aliphatic rings. The summed E-state index contributed by atoms with van der Waals surface area (Å²) in [6.45, 7) is 4.90. The number of benzene rings is 1. The highest BCUT2D eigenvalue weighted by atomic mass is 35.5. The minimum Gasteiger partial charge on any atom is -0.377 e. The molecule has 0 radical (unpaired) electrons. The molecule has 1 aromatic rings. The van der Waals surface area contributed by atoms with Gasteiger partial charge < -0.3 is 10.1 Å². The molecule has 2 N–H and O–H groups in total. The third-order valence-electron chi connectivity index (χ3n) is 2.54. The molecule has 0 heterocycles. The number of hydrogen-bond acceptors (Lipinski definition) is 4. The molecule has 20 heavy (non-hydrogen) atoms. The van der Waals surface area contributed by atoms with Crippen LogP contribution < -0.4 is 10.0 Å². The van der Waals surface area contributed by atoms with Gasteiger partial charge in [-0.15, -0.1) is 0 Å². The van der Waals surface area contributed by atoms with E-state index in [1.54, 1.807) is 19.2 Å². The monoisotopic (exact) mass is 320 g/mol. The van der Waals surface area contributed by atoms with Crippen LogP contribution >= 0.6 is 11.6 Å². The van der Waals surface area contributed by atoms with Crippen LogP contribution in [-0.2, 0) is 21.3 Å². The number of nitrogens with one attached hydrogen (secondary N) is 2. The van der Waals surface area contributed by atoms with E-state index >= 15 is 0 Å². The van der Waals surface area contributed by atoms with Crippen molar-refractivity contribution in [1.29, 1.82) is 0 Å². The lowest BCUT2D eigenvalue weighted by Crippen LogP contribution is -2.28. The molecule has 0 aromatic heterocycles. The maximum absolute atomic E-state index is 12.1. The Kier molecular flexibility index (Phi) is 6.91. The average molecular weight is 321 g/mol. The Labute approximate surface area is 125 Å². The molecule has 0 atom stereocenters. The maximum Gasteiger partial charge on any atom is 0.240 e. The first kappa shape index (κ1) is 17.4. The van der Waals surface area contributed by atoms with Crippen molar-refractivity contribution in [2.24, 2.45) is 0 Å². The summed E-state index contributed by atoms with van der Waals surface area (Å²) in [5, 5.41) is 3.49. The van der Waals surface area contributed by atoms with Gasteiger partial charge in [0.2, 0.25) is 10.0 Å². The fourth-order valence-electron chi connectivity index (χ4n) is 1.60. The standard InChI is InChI=1S/C13H21ClN2O3S/c1-10(2)19-7-6-16-20(17,18)12-4-5-13(14)11(8-12)9-15-3/h4-5,8,10,15-16H,6-7,9H2,1-3H3. The van der Waals surface area contributed by atoms with Gasteiger partial charge in [-0.1, -0.05) is 11.6 Å². The number of rotatable bonds is 8. The highest BCUT2D eigenvalue weighted by Crippen LogP contribution is 2.20. The van der Waals surface area contributed by atoms with Crippen LogP contribution in [0.4, 0.5) is 0 Å². The van der Waals surface area contributed by atoms with E-state index in [1.165, 1.54) is 6.07 Å². The Balaban J connectivity index is 2.74. The van der Waals surface area contributed by atoms with Crippen molar-refractivity contribution in [3.8, 4) is 0 Å². The van der Waals surface area contributed by atoms with Crippen molar-refractivity contribution in [2.75, 3.05) is 20.2 Å². The molecule has 0 spiro atoms. The van der Waals surface area contributed by atoms with Gasteiger partial charge in [0.15, 0.2) is 0 Å². The second kappa shape index (κ2) is 7.95. The molecule has 0 aliphatic carbocycles. The Morgan fingerprint density at radius 3 is 2.65 bits per heavy atom. The van der Waals surface area contributed by atoms with Crippen molar-refractivity contribution in [3.05, 3.63) is 28.8 Å². The molecular weight excluding hydrogens is 300 g/mol. The Hall–Kier alpha value is -0.660. The van der Waals surface area contributed by atoms with E-state index in [1.807, 2.05) is 13.8 Å². The largest absolute Gasteiger partial charge is 0.377 e. The first-order valence-corrected chi connectivity index (χ1v) is 8.27. The molecule has 5 nitrogen and oxygen atoms in total. The van der Waals surface area contributed by atoms with Crippen LogP contribution in [0.5, 0.6) is 0 Å². The van der Waals surface area contributed by atoms with Crippen LogP contribution in [0.3, 0.4) is 0 Å². The lowest BCUT2D eigenvalue weighted by Gasteiger charge is -2.11. The third-order valence-corrected chi connectivity index (χ3v) is 4.37. The molecular formula is C13H21ClN2O3S. The highest BCUT2D eigenvalue weighted by molar-refractivity contribution is 7.89. The topological polar surface area (TPSA) is 67.4 Å². The van der Waals surface area contributed by atoms with E-state index < -0.39 is 10.0 Å². The van der Waals surface area contributed by atoms with Crippen LogP contribution in [-0.4, -0.2) is 34.7 Å². The van der Waals surface area contributed by atoms with Crippen molar-refractivity contribution in [2.45, 2.75) is 31.4 Å². The van der Waals surface area contributed by atoms with Crippen molar-refractivity contribution in [3.63, 3.8) is 0 Å². The zero-order valence-corrected chi connectivity index (χ0v) is 13.5. The van der Waals surface area contributed by atoms with E-state index in [0.29, 0.717) is 18.2 Å². The van der Waals surface area contributed by atoms with E-state index in [2.05, 4.69) is 10.0 Å². The molecule has 114 valence electrons. The van der Waals surface area contributed by atoms with Gasteiger partial charge in [0, 0.05) is 18.1 Å². The summed E-state index contributed by atoms with van der Waals surface area (Å²) in [6.07, 6.45) is 0.0808. The van der Waals surface area contributed by atoms with Gasteiger partial charge in [0.05, 0.1) is 17.6 Å². The first-order valence-electron chi connectivity index (χ1n) is 6.41. The Bertz CT molecular complexity index is 532. The molecule has 7 heteroatoms.